The van der Waals surface area contributed by atoms with Crippen LogP contribution in [0.1, 0.15) is 32.1 Å². The molecule has 3 nitrogen and oxygen atoms in total. The van der Waals surface area contributed by atoms with Crippen molar-refractivity contribution in [3.8, 4) is 0 Å². The standard InChI is InChI=1S/C16H21N3S/c1-19-12-5-4-6-13(19)10-11(9-12)17-16-14-7-2-3-8-15(14)18-20-16/h2-3,7-8,11-13,17H,4-6,9-10H2,1H3. The van der Waals surface area contributed by atoms with Crippen LogP contribution in [0, 0.1) is 0 Å². The van der Waals surface area contributed by atoms with Gasteiger partial charge in [-0.3, -0.25) is 0 Å². The third kappa shape index (κ3) is 2.11. The van der Waals surface area contributed by atoms with Gasteiger partial charge >= 0.3 is 0 Å². The molecule has 4 rings (SSSR count). The van der Waals surface area contributed by atoms with E-state index in [1.807, 2.05) is 0 Å². The van der Waals surface area contributed by atoms with Crippen molar-refractivity contribution in [3.63, 3.8) is 0 Å². The Morgan fingerprint density at radius 1 is 1.20 bits per heavy atom. The van der Waals surface area contributed by atoms with Crippen LogP contribution >= 0.6 is 11.5 Å². The van der Waals surface area contributed by atoms with Gasteiger partial charge in [-0.2, -0.15) is 4.37 Å². The van der Waals surface area contributed by atoms with Crippen molar-refractivity contribution in [3.05, 3.63) is 24.3 Å². The summed E-state index contributed by atoms with van der Waals surface area (Å²) in [6, 6.07) is 10.6. The van der Waals surface area contributed by atoms with E-state index < -0.39 is 0 Å². The number of benzene rings is 1. The molecule has 2 fully saturated rings. The molecule has 2 bridgehead atoms. The second kappa shape index (κ2) is 5.01. The van der Waals surface area contributed by atoms with Gasteiger partial charge < -0.3 is 10.2 Å². The van der Waals surface area contributed by atoms with Gasteiger partial charge in [0, 0.05) is 23.5 Å². The van der Waals surface area contributed by atoms with Gasteiger partial charge in [0.25, 0.3) is 0 Å². The van der Waals surface area contributed by atoms with Crippen LogP contribution in [0.5, 0.6) is 0 Å². The molecule has 0 spiro atoms. The fraction of sp³-hybridized carbons (Fsp3) is 0.562. The summed E-state index contributed by atoms with van der Waals surface area (Å²) in [5.74, 6) is 0. The maximum absolute atomic E-state index is 4.54. The summed E-state index contributed by atoms with van der Waals surface area (Å²) in [5, 5.41) is 6.32. The fourth-order valence-electron chi connectivity index (χ4n) is 3.91. The van der Waals surface area contributed by atoms with Crippen LogP contribution in [0.25, 0.3) is 10.9 Å². The molecule has 2 saturated heterocycles. The van der Waals surface area contributed by atoms with Crippen molar-refractivity contribution in [2.45, 2.75) is 50.2 Å². The largest absolute Gasteiger partial charge is 0.372 e. The number of fused-ring (bicyclic) bond motifs is 3. The lowest BCUT2D eigenvalue weighted by Gasteiger charge is -2.47. The number of nitrogens with zero attached hydrogens (tertiary/aromatic N) is 2. The molecular weight excluding hydrogens is 266 g/mol. The van der Waals surface area contributed by atoms with Gasteiger partial charge in [-0.05, 0) is 56.4 Å². The van der Waals surface area contributed by atoms with Gasteiger partial charge in [0.05, 0.1) is 5.52 Å². The van der Waals surface area contributed by atoms with E-state index >= 15 is 0 Å². The van der Waals surface area contributed by atoms with Crippen molar-refractivity contribution in [2.75, 3.05) is 12.4 Å². The molecule has 2 aliphatic heterocycles. The molecule has 0 aliphatic carbocycles. The topological polar surface area (TPSA) is 28.2 Å². The first-order chi connectivity index (χ1) is 9.81. The summed E-state index contributed by atoms with van der Waals surface area (Å²) < 4.78 is 4.54. The van der Waals surface area contributed by atoms with Crippen LogP contribution in [0.3, 0.4) is 0 Å². The lowest BCUT2D eigenvalue weighted by Crippen LogP contribution is -2.52. The molecule has 0 saturated carbocycles. The van der Waals surface area contributed by atoms with Crippen molar-refractivity contribution >= 4 is 27.4 Å². The Morgan fingerprint density at radius 2 is 1.95 bits per heavy atom. The van der Waals surface area contributed by atoms with E-state index in [2.05, 4.69) is 45.9 Å². The van der Waals surface area contributed by atoms with E-state index in [0.717, 1.165) is 17.6 Å². The Hall–Kier alpha value is -1.13. The lowest BCUT2D eigenvalue weighted by molar-refractivity contribution is 0.0609. The first-order valence-electron chi connectivity index (χ1n) is 7.64. The van der Waals surface area contributed by atoms with Crippen molar-refractivity contribution in [2.24, 2.45) is 0 Å². The Kier molecular flexibility index (Phi) is 3.15. The molecule has 2 aliphatic rings. The van der Waals surface area contributed by atoms with E-state index in [1.165, 1.54) is 42.5 Å². The Morgan fingerprint density at radius 3 is 2.75 bits per heavy atom. The summed E-state index contributed by atoms with van der Waals surface area (Å²) in [5.41, 5.74) is 1.12. The van der Waals surface area contributed by atoms with Crippen molar-refractivity contribution in [1.29, 1.82) is 0 Å². The second-order valence-corrected chi connectivity index (χ2v) is 7.02. The number of rotatable bonds is 2. The molecule has 0 radical (unpaired) electrons. The highest BCUT2D eigenvalue weighted by Crippen LogP contribution is 2.36. The molecule has 3 heterocycles. The Labute approximate surface area is 124 Å². The predicted molar refractivity (Wildman–Crippen MR) is 85.5 cm³/mol. The van der Waals surface area contributed by atoms with Gasteiger partial charge in [0.1, 0.15) is 5.00 Å². The molecule has 2 unspecified atom stereocenters. The minimum absolute atomic E-state index is 0.616. The molecule has 1 N–H and O–H groups in total. The molecule has 106 valence electrons. The van der Waals surface area contributed by atoms with E-state index in [-0.39, 0.29) is 0 Å². The summed E-state index contributed by atoms with van der Waals surface area (Å²) in [7, 11) is 2.31. The summed E-state index contributed by atoms with van der Waals surface area (Å²) in [6.45, 7) is 0. The first-order valence-corrected chi connectivity index (χ1v) is 8.41. The number of anilines is 1. The van der Waals surface area contributed by atoms with E-state index in [1.54, 1.807) is 11.5 Å². The molecule has 4 heteroatoms. The SMILES string of the molecule is CN1C2CCCC1CC(Nc1snc3ccccc13)C2. The van der Waals surface area contributed by atoms with Crippen LogP contribution in [-0.4, -0.2) is 34.4 Å². The van der Waals surface area contributed by atoms with Crippen LogP contribution in [0.4, 0.5) is 5.00 Å². The van der Waals surface area contributed by atoms with E-state index in [9.17, 15) is 0 Å². The average Bonchev–Trinajstić information content (AvgIpc) is 2.83. The Balaban J connectivity index is 1.55. The highest BCUT2D eigenvalue weighted by molar-refractivity contribution is 7.11. The third-order valence-corrected chi connectivity index (χ3v) is 5.87. The molecule has 0 amide bonds. The maximum atomic E-state index is 4.54. The van der Waals surface area contributed by atoms with Crippen LogP contribution in [0.15, 0.2) is 24.3 Å². The smallest absolute Gasteiger partial charge is 0.117 e. The van der Waals surface area contributed by atoms with Crippen LogP contribution in [-0.2, 0) is 0 Å². The monoisotopic (exact) mass is 287 g/mol. The molecule has 2 aromatic rings. The first kappa shape index (κ1) is 12.6. The number of nitrogens with one attached hydrogen (secondary N) is 1. The quantitative estimate of drug-likeness (QED) is 0.912. The van der Waals surface area contributed by atoms with Crippen LogP contribution in [0.2, 0.25) is 0 Å². The summed E-state index contributed by atoms with van der Waals surface area (Å²) in [4.78, 5) is 2.62. The number of hydrogen-bond donors (Lipinski definition) is 1. The summed E-state index contributed by atoms with van der Waals surface area (Å²) >= 11 is 1.61. The third-order valence-electron chi connectivity index (χ3n) is 5.06. The fourth-order valence-corrected chi connectivity index (χ4v) is 4.75. The minimum atomic E-state index is 0.616. The molecule has 1 aromatic carbocycles. The molecule has 20 heavy (non-hydrogen) atoms. The average molecular weight is 287 g/mol. The van der Waals surface area contributed by atoms with Gasteiger partial charge in [-0.15, -0.1) is 0 Å². The van der Waals surface area contributed by atoms with E-state index in [4.69, 9.17) is 0 Å². The molecular formula is C16H21N3S. The predicted octanol–water partition coefficient (Wildman–Crippen LogP) is 3.72. The highest BCUT2D eigenvalue weighted by Gasteiger charge is 2.36. The maximum Gasteiger partial charge on any atom is 0.117 e. The van der Waals surface area contributed by atoms with Gasteiger partial charge in [0.2, 0.25) is 0 Å². The van der Waals surface area contributed by atoms with Gasteiger partial charge in [-0.1, -0.05) is 18.6 Å². The van der Waals surface area contributed by atoms with E-state index in [0.29, 0.717) is 6.04 Å². The van der Waals surface area contributed by atoms with Gasteiger partial charge in [-0.25, -0.2) is 0 Å². The number of hydrogen-bond acceptors (Lipinski definition) is 4. The lowest BCUT2D eigenvalue weighted by atomic mass is 9.82. The molecule has 2 atom stereocenters. The van der Waals surface area contributed by atoms with Gasteiger partial charge in [0.15, 0.2) is 0 Å². The number of piperidine rings is 2. The van der Waals surface area contributed by atoms with Crippen molar-refractivity contribution in [1.82, 2.24) is 9.27 Å². The minimum Gasteiger partial charge on any atom is -0.372 e. The Bertz CT molecular complexity index is 595. The second-order valence-electron chi connectivity index (χ2n) is 6.25. The zero-order valence-corrected chi connectivity index (χ0v) is 12.7. The normalized spacial score (nSPS) is 30.6. The van der Waals surface area contributed by atoms with Crippen LogP contribution < -0.4 is 5.32 Å². The molecule has 1 aromatic heterocycles. The zero-order valence-electron chi connectivity index (χ0n) is 11.9. The van der Waals surface area contributed by atoms with Crippen molar-refractivity contribution < 1.29 is 0 Å². The highest BCUT2D eigenvalue weighted by atomic mass is 32.1. The summed E-state index contributed by atoms with van der Waals surface area (Å²) in [6.07, 6.45) is 6.71. The number of aromatic nitrogens is 1. The zero-order chi connectivity index (χ0) is 13.5.